The smallest absolute Gasteiger partial charge is 0.237 e. The molecule has 0 aromatic heterocycles. The molecule has 0 aliphatic heterocycles. The number of hydrogen-bond donors (Lipinski definition) is 0. The molecule has 3 aliphatic rings. The SMILES string of the molecule is CC(=O)C12CCCC1([N+](=O)[O-])C1CCC2C1. The molecule has 0 radical (unpaired) electrons. The molecule has 0 saturated heterocycles. The standard InChI is InChI=1S/C12H17NO3/c1-8(14)11-5-2-6-12(11,13(15)16)10-4-3-9(11)7-10/h9-10H,2-7H2,1H3. The lowest BCUT2D eigenvalue weighted by molar-refractivity contribution is -0.592. The summed E-state index contributed by atoms with van der Waals surface area (Å²) in [6, 6.07) is 0. The van der Waals surface area contributed by atoms with Crippen LogP contribution >= 0.6 is 0 Å². The highest BCUT2D eigenvalue weighted by atomic mass is 16.6. The van der Waals surface area contributed by atoms with Gasteiger partial charge in [-0.15, -0.1) is 0 Å². The summed E-state index contributed by atoms with van der Waals surface area (Å²) in [6.45, 7) is 1.57. The van der Waals surface area contributed by atoms with Gasteiger partial charge in [0.1, 0.15) is 11.2 Å². The third-order valence-electron chi connectivity index (χ3n) is 5.66. The molecule has 0 aromatic rings. The molecule has 4 unspecified atom stereocenters. The van der Waals surface area contributed by atoms with Gasteiger partial charge >= 0.3 is 0 Å². The van der Waals surface area contributed by atoms with E-state index in [1.54, 1.807) is 6.92 Å². The first kappa shape index (κ1) is 10.2. The summed E-state index contributed by atoms with van der Waals surface area (Å²) in [5, 5.41) is 11.6. The van der Waals surface area contributed by atoms with Crippen LogP contribution in [0.5, 0.6) is 0 Å². The Bertz CT molecular complexity index is 346. The highest BCUT2D eigenvalue weighted by Gasteiger charge is 2.78. The van der Waals surface area contributed by atoms with Crippen molar-refractivity contribution in [3.63, 3.8) is 0 Å². The Morgan fingerprint density at radius 2 is 2.00 bits per heavy atom. The molecule has 3 fully saturated rings. The van der Waals surface area contributed by atoms with E-state index in [0.29, 0.717) is 12.3 Å². The Kier molecular flexibility index (Phi) is 1.82. The van der Waals surface area contributed by atoms with E-state index in [-0.39, 0.29) is 16.6 Å². The minimum atomic E-state index is -0.887. The van der Waals surface area contributed by atoms with E-state index in [1.165, 1.54) is 0 Å². The van der Waals surface area contributed by atoms with Gasteiger partial charge in [0, 0.05) is 17.3 Å². The second-order valence-corrected chi connectivity index (χ2v) is 5.77. The number of carbonyl (C=O) groups excluding carboxylic acids is 1. The first-order chi connectivity index (χ1) is 7.55. The number of nitro groups is 1. The fourth-order valence-electron chi connectivity index (χ4n) is 5.24. The van der Waals surface area contributed by atoms with Crippen LogP contribution in [0.1, 0.15) is 45.4 Å². The lowest BCUT2D eigenvalue weighted by Crippen LogP contribution is -2.57. The molecule has 0 N–H and O–H groups in total. The lowest BCUT2D eigenvalue weighted by Gasteiger charge is -2.40. The molecule has 88 valence electrons. The maximum Gasteiger partial charge on any atom is 0.237 e. The van der Waals surface area contributed by atoms with Crippen molar-refractivity contribution in [3.05, 3.63) is 10.1 Å². The van der Waals surface area contributed by atoms with E-state index in [0.717, 1.165) is 32.1 Å². The van der Waals surface area contributed by atoms with Crippen molar-refractivity contribution in [2.24, 2.45) is 17.3 Å². The van der Waals surface area contributed by atoms with E-state index in [1.807, 2.05) is 0 Å². The molecule has 0 aromatic carbocycles. The number of Topliss-reactive ketones (excluding diaryl/α,β-unsaturated/α-hetero) is 1. The third kappa shape index (κ3) is 0.791. The summed E-state index contributed by atoms with van der Waals surface area (Å²) >= 11 is 0. The summed E-state index contributed by atoms with van der Waals surface area (Å²) < 4.78 is 0. The predicted molar refractivity (Wildman–Crippen MR) is 57.5 cm³/mol. The van der Waals surface area contributed by atoms with E-state index in [9.17, 15) is 14.9 Å². The molecule has 3 saturated carbocycles. The van der Waals surface area contributed by atoms with Crippen molar-refractivity contribution in [1.82, 2.24) is 0 Å². The molecule has 4 heteroatoms. The fraction of sp³-hybridized carbons (Fsp3) is 0.917. The molecular formula is C12H17NO3. The van der Waals surface area contributed by atoms with Crippen LogP contribution in [0.25, 0.3) is 0 Å². The summed E-state index contributed by atoms with van der Waals surface area (Å²) in [6.07, 6.45) is 5.14. The molecule has 0 amide bonds. The lowest BCUT2D eigenvalue weighted by atomic mass is 9.61. The molecule has 3 rings (SSSR count). The summed E-state index contributed by atoms with van der Waals surface area (Å²) in [7, 11) is 0. The maximum absolute atomic E-state index is 12.0. The average molecular weight is 223 g/mol. The normalized spacial score (nSPS) is 49.3. The molecule has 2 bridgehead atoms. The van der Waals surface area contributed by atoms with Crippen molar-refractivity contribution < 1.29 is 9.72 Å². The molecule has 0 spiro atoms. The van der Waals surface area contributed by atoms with Crippen LogP contribution in [0.2, 0.25) is 0 Å². The zero-order chi connectivity index (χ0) is 11.6. The highest BCUT2D eigenvalue weighted by Crippen LogP contribution is 2.69. The molecule has 3 aliphatic carbocycles. The van der Waals surface area contributed by atoms with Gasteiger partial charge in [-0.2, -0.15) is 0 Å². The van der Waals surface area contributed by atoms with Crippen molar-refractivity contribution in [1.29, 1.82) is 0 Å². The molecule has 4 atom stereocenters. The van der Waals surface area contributed by atoms with E-state index >= 15 is 0 Å². The number of ketones is 1. The molecule has 4 nitrogen and oxygen atoms in total. The van der Waals surface area contributed by atoms with Gasteiger partial charge in [-0.25, -0.2) is 0 Å². The van der Waals surface area contributed by atoms with Gasteiger partial charge in [0.25, 0.3) is 0 Å². The van der Waals surface area contributed by atoms with Gasteiger partial charge < -0.3 is 0 Å². The van der Waals surface area contributed by atoms with Gasteiger partial charge in [-0.3, -0.25) is 14.9 Å². The van der Waals surface area contributed by atoms with Crippen LogP contribution in [0, 0.1) is 27.4 Å². The van der Waals surface area contributed by atoms with Crippen LogP contribution < -0.4 is 0 Å². The summed E-state index contributed by atoms with van der Waals surface area (Å²) in [4.78, 5) is 23.5. The second kappa shape index (κ2) is 2.84. The Morgan fingerprint density at radius 3 is 2.56 bits per heavy atom. The first-order valence-electron chi connectivity index (χ1n) is 6.21. The van der Waals surface area contributed by atoms with Crippen LogP contribution in [0.4, 0.5) is 0 Å². The minimum Gasteiger partial charge on any atom is -0.299 e. The number of fused-ring (bicyclic) bond motifs is 5. The molecule has 0 heterocycles. The van der Waals surface area contributed by atoms with E-state index in [4.69, 9.17) is 0 Å². The Labute approximate surface area is 94.6 Å². The van der Waals surface area contributed by atoms with Crippen LogP contribution in [0.3, 0.4) is 0 Å². The minimum absolute atomic E-state index is 0.0777. The number of carbonyl (C=O) groups is 1. The summed E-state index contributed by atoms with van der Waals surface area (Å²) in [5.74, 6) is 0.538. The van der Waals surface area contributed by atoms with Crippen LogP contribution in [-0.4, -0.2) is 16.2 Å². The van der Waals surface area contributed by atoms with Crippen LogP contribution in [0.15, 0.2) is 0 Å². The monoisotopic (exact) mass is 223 g/mol. The first-order valence-corrected chi connectivity index (χ1v) is 6.21. The van der Waals surface area contributed by atoms with Gasteiger partial charge in [0.2, 0.25) is 5.54 Å². The second-order valence-electron chi connectivity index (χ2n) is 5.77. The Balaban J connectivity index is 2.19. The number of nitrogens with zero attached hydrogens (tertiary/aromatic N) is 1. The fourth-order valence-corrected chi connectivity index (χ4v) is 5.24. The molecular weight excluding hydrogens is 206 g/mol. The zero-order valence-electron chi connectivity index (χ0n) is 9.57. The quantitative estimate of drug-likeness (QED) is 0.532. The maximum atomic E-state index is 12.0. The topological polar surface area (TPSA) is 60.2 Å². The summed E-state index contributed by atoms with van der Waals surface area (Å²) in [5.41, 5.74) is -1.48. The zero-order valence-corrected chi connectivity index (χ0v) is 9.57. The number of hydrogen-bond acceptors (Lipinski definition) is 3. The van der Waals surface area contributed by atoms with Crippen LogP contribution in [-0.2, 0) is 4.79 Å². The van der Waals surface area contributed by atoms with Crippen molar-refractivity contribution >= 4 is 5.78 Å². The molecule has 16 heavy (non-hydrogen) atoms. The Morgan fingerprint density at radius 1 is 1.31 bits per heavy atom. The van der Waals surface area contributed by atoms with Crippen molar-refractivity contribution in [2.45, 2.75) is 51.0 Å². The Hall–Kier alpha value is -0.930. The average Bonchev–Trinajstić information content (AvgIpc) is 2.88. The van der Waals surface area contributed by atoms with Gasteiger partial charge in [0.05, 0.1) is 0 Å². The van der Waals surface area contributed by atoms with Crippen molar-refractivity contribution in [2.75, 3.05) is 0 Å². The predicted octanol–water partition coefficient (Wildman–Crippen LogP) is 2.19. The largest absolute Gasteiger partial charge is 0.299 e. The number of rotatable bonds is 2. The van der Waals surface area contributed by atoms with E-state index < -0.39 is 11.0 Å². The van der Waals surface area contributed by atoms with E-state index in [2.05, 4.69) is 0 Å². The van der Waals surface area contributed by atoms with Gasteiger partial charge in [-0.1, -0.05) is 0 Å². The van der Waals surface area contributed by atoms with Gasteiger partial charge in [0.15, 0.2) is 0 Å². The third-order valence-corrected chi connectivity index (χ3v) is 5.66. The van der Waals surface area contributed by atoms with Gasteiger partial charge in [-0.05, 0) is 44.9 Å². The highest BCUT2D eigenvalue weighted by molar-refractivity contribution is 5.85. The van der Waals surface area contributed by atoms with Crippen molar-refractivity contribution in [3.8, 4) is 0 Å².